The SMILES string of the molecule is CC(C)[N]CCC#N. The molecule has 0 N–H and O–H groups in total. The third-order valence-corrected chi connectivity index (χ3v) is 0.718. The van der Waals surface area contributed by atoms with Gasteiger partial charge in [-0.1, -0.05) is 0 Å². The Morgan fingerprint density at radius 3 is 2.62 bits per heavy atom. The van der Waals surface area contributed by atoms with Gasteiger partial charge in [0.15, 0.2) is 0 Å². The van der Waals surface area contributed by atoms with Crippen LogP contribution in [0.15, 0.2) is 0 Å². The summed E-state index contributed by atoms with van der Waals surface area (Å²) in [5, 5.41) is 12.2. The highest BCUT2D eigenvalue weighted by atomic mass is 14.9. The Bertz CT molecular complexity index is 81.0. The van der Waals surface area contributed by atoms with E-state index in [4.69, 9.17) is 5.26 Å². The molecule has 0 rings (SSSR count). The first kappa shape index (κ1) is 7.45. The Balaban J connectivity index is 2.85. The monoisotopic (exact) mass is 111 g/mol. The Labute approximate surface area is 50.5 Å². The Kier molecular flexibility index (Phi) is 4.29. The van der Waals surface area contributed by atoms with E-state index in [-0.39, 0.29) is 0 Å². The molecular weight excluding hydrogens is 100 g/mol. The third kappa shape index (κ3) is 5.45. The zero-order chi connectivity index (χ0) is 6.41. The zero-order valence-corrected chi connectivity index (χ0v) is 5.39. The van der Waals surface area contributed by atoms with Crippen LogP contribution in [0.2, 0.25) is 0 Å². The maximum Gasteiger partial charge on any atom is 0.0635 e. The van der Waals surface area contributed by atoms with Crippen LogP contribution in [0.1, 0.15) is 20.3 Å². The van der Waals surface area contributed by atoms with Crippen molar-refractivity contribution in [3.8, 4) is 6.07 Å². The average molecular weight is 111 g/mol. The fourth-order valence-electron chi connectivity index (χ4n) is 0.373. The summed E-state index contributed by atoms with van der Waals surface area (Å²) in [4.78, 5) is 0. The van der Waals surface area contributed by atoms with E-state index in [0.29, 0.717) is 19.0 Å². The van der Waals surface area contributed by atoms with Crippen LogP contribution in [0, 0.1) is 11.3 Å². The second-order valence-electron chi connectivity index (χ2n) is 1.91. The van der Waals surface area contributed by atoms with Crippen molar-refractivity contribution in [3.63, 3.8) is 0 Å². The number of nitriles is 1. The molecule has 0 atom stereocenters. The van der Waals surface area contributed by atoms with Crippen LogP contribution in [0.4, 0.5) is 0 Å². The minimum atomic E-state index is 0.378. The highest BCUT2D eigenvalue weighted by Crippen LogP contribution is 1.79. The number of rotatable bonds is 3. The molecule has 45 valence electrons. The molecule has 0 fully saturated rings. The molecule has 0 aliphatic carbocycles. The first-order valence-electron chi connectivity index (χ1n) is 2.81. The maximum absolute atomic E-state index is 8.07. The molecule has 0 heterocycles. The van der Waals surface area contributed by atoms with E-state index < -0.39 is 0 Å². The average Bonchev–Trinajstić information content (AvgIpc) is 1.66. The van der Waals surface area contributed by atoms with Gasteiger partial charge in [-0.05, 0) is 13.8 Å². The molecule has 2 nitrogen and oxygen atoms in total. The van der Waals surface area contributed by atoms with Gasteiger partial charge in [0.25, 0.3) is 0 Å². The number of hydrogen-bond acceptors (Lipinski definition) is 1. The van der Waals surface area contributed by atoms with Crippen LogP contribution >= 0.6 is 0 Å². The van der Waals surface area contributed by atoms with E-state index in [1.807, 2.05) is 19.9 Å². The quantitative estimate of drug-likeness (QED) is 0.499. The molecule has 0 aliphatic rings. The summed E-state index contributed by atoms with van der Waals surface area (Å²) in [6.07, 6.45) is 0.554. The van der Waals surface area contributed by atoms with Gasteiger partial charge in [0.2, 0.25) is 0 Å². The third-order valence-electron chi connectivity index (χ3n) is 0.718. The summed E-state index contributed by atoms with van der Waals surface area (Å²) in [6.45, 7) is 4.71. The molecule has 0 unspecified atom stereocenters. The molecular formula is C6H11N2. The van der Waals surface area contributed by atoms with Gasteiger partial charge in [-0.2, -0.15) is 5.26 Å². The second kappa shape index (κ2) is 4.61. The lowest BCUT2D eigenvalue weighted by Gasteiger charge is -1.99. The van der Waals surface area contributed by atoms with Gasteiger partial charge in [-0.3, -0.25) is 0 Å². The van der Waals surface area contributed by atoms with Crippen LogP contribution in [0.5, 0.6) is 0 Å². The molecule has 8 heavy (non-hydrogen) atoms. The molecule has 0 amide bonds. The molecule has 0 saturated heterocycles. The fraction of sp³-hybridized carbons (Fsp3) is 0.833. The number of nitrogens with zero attached hydrogens (tertiary/aromatic N) is 2. The Hall–Kier alpha value is -0.550. The highest BCUT2D eigenvalue weighted by Gasteiger charge is 1.90. The lowest BCUT2D eigenvalue weighted by molar-refractivity contribution is 0.583. The summed E-state index contributed by atoms with van der Waals surface area (Å²) in [6, 6.07) is 2.41. The van der Waals surface area contributed by atoms with E-state index in [1.54, 1.807) is 0 Å². The summed E-state index contributed by atoms with van der Waals surface area (Å²) in [5.74, 6) is 0. The summed E-state index contributed by atoms with van der Waals surface area (Å²) >= 11 is 0. The molecule has 0 aromatic carbocycles. The van der Waals surface area contributed by atoms with Crippen molar-refractivity contribution < 1.29 is 0 Å². The first-order chi connectivity index (χ1) is 3.77. The molecule has 0 aromatic heterocycles. The van der Waals surface area contributed by atoms with E-state index in [9.17, 15) is 0 Å². The van der Waals surface area contributed by atoms with E-state index in [1.165, 1.54) is 0 Å². The lowest BCUT2D eigenvalue weighted by atomic mass is 10.4. The maximum atomic E-state index is 8.07. The minimum absolute atomic E-state index is 0.378. The smallest absolute Gasteiger partial charge is 0.0635 e. The highest BCUT2D eigenvalue weighted by molar-refractivity contribution is 4.70. The van der Waals surface area contributed by atoms with Crippen molar-refractivity contribution in [3.05, 3.63) is 0 Å². The van der Waals surface area contributed by atoms with Crippen LogP contribution in [0.3, 0.4) is 0 Å². The van der Waals surface area contributed by atoms with Crippen LogP contribution in [-0.4, -0.2) is 12.6 Å². The van der Waals surface area contributed by atoms with Gasteiger partial charge in [0.05, 0.1) is 6.07 Å². The number of hydrogen-bond donors (Lipinski definition) is 0. The molecule has 0 aliphatic heterocycles. The molecule has 1 radical (unpaired) electrons. The Morgan fingerprint density at radius 1 is 1.62 bits per heavy atom. The predicted molar refractivity (Wildman–Crippen MR) is 32.4 cm³/mol. The van der Waals surface area contributed by atoms with Crippen molar-refractivity contribution in [2.24, 2.45) is 0 Å². The second-order valence-corrected chi connectivity index (χ2v) is 1.91. The van der Waals surface area contributed by atoms with Crippen molar-refractivity contribution in [2.45, 2.75) is 26.3 Å². The summed E-state index contributed by atoms with van der Waals surface area (Å²) in [5.41, 5.74) is 0. The van der Waals surface area contributed by atoms with Gasteiger partial charge in [0.1, 0.15) is 0 Å². The van der Waals surface area contributed by atoms with Gasteiger partial charge >= 0.3 is 0 Å². The van der Waals surface area contributed by atoms with E-state index >= 15 is 0 Å². The van der Waals surface area contributed by atoms with Crippen molar-refractivity contribution in [1.29, 1.82) is 5.26 Å². The molecule has 0 saturated carbocycles. The predicted octanol–water partition coefficient (Wildman–Crippen LogP) is 0.913. The lowest BCUT2D eigenvalue weighted by Crippen LogP contribution is -2.14. The normalized spacial score (nSPS) is 9.25. The van der Waals surface area contributed by atoms with Crippen LogP contribution in [-0.2, 0) is 0 Å². The summed E-state index contributed by atoms with van der Waals surface area (Å²) in [7, 11) is 0. The van der Waals surface area contributed by atoms with Crippen molar-refractivity contribution >= 4 is 0 Å². The van der Waals surface area contributed by atoms with E-state index in [0.717, 1.165) is 0 Å². The minimum Gasteiger partial charge on any atom is -0.238 e. The zero-order valence-electron chi connectivity index (χ0n) is 5.39. The molecule has 0 bridgehead atoms. The van der Waals surface area contributed by atoms with Gasteiger partial charge in [-0.15, -0.1) is 0 Å². The molecule has 2 heteroatoms. The van der Waals surface area contributed by atoms with Crippen molar-refractivity contribution in [1.82, 2.24) is 5.32 Å². The standard InChI is InChI=1S/C6H11N2/c1-6(2)8-5-3-4-7/h6H,3,5H2,1-2H3. The summed E-state index contributed by atoms with van der Waals surface area (Å²) < 4.78 is 0. The van der Waals surface area contributed by atoms with E-state index in [2.05, 4.69) is 5.32 Å². The van der Waals surface area contributed by atoms with Gasteiger partial charge in [-0.25, -0.2) is 5.32 Å². The first-order valence-corrected chi connectivity index (χ1v) is 2.81. The largest absolute Gasteiger partial charge is 0.238 e. The van der Waals surface area contributed by atoms with Gasteiger partial charge in [0, 0.05) is 19.0 Å². The molecule has 0 aromatic rings. The Morgan fingerprint density at radius 2 is 2.25 bits per heavy atom. The van der Waals surface area contributed by atoms with Crippen LogP contribution in [0.25, 0.3) is 0 Å². The van der Waals surface area contributed by atoms with Gasteiger partial charge < -0.3 is 0 Å². The topological polar surface area (TPSA) is 37.9 Å². The fourth-order valence-corrected chi connectivity index (χ4v) is 0.373. The van der Waals surface area contributed by atoms with Crippen molar-refractivity contribution in [2.75, 3.05) is 6.54 Å². The molecule has 0 spiro atoms. The van der Waals surface area contributed by atoms with Crippen LogP contribution < -0.4 is 5.32 Å².